The number of rotatable bonds is 9. The van der Waals surface area contributed by atoms with Crippen molar-refractivity contribution in [2.75, 3.05) is 6.61 Å². The summed E-state index contributed by atoms with van der Waals surface area (Å²) in [4.78, 5) is 14.6. The maximum Gasteiger partial charge on any atom is 0.201 e. The lowest BCUT2D eigenvalue weighted by molar-refractivity contribution is 0.104. The van der Waals surface area contributed by atoms with Crippen molar-refractivity contribution in [3.05, 3.63) is 64.1 Å². The van der Waals surface area contributed by atoms with Gasteiger partial charge < -0.3 is 4.74 Å². The van der Waals surface area contributed by atoms with Crippen LogP contribution in [0.15, 0.2) is 52.3 Å². The summed E-state index contributed by atoms with van der Waals surface area (Å²) < 4.78 is 5.78. The number of carbonyl (C=O) groups excluding carboxylic acids is 1. The van der Waals surface area contributed by atoms with E-state index in [4.69, 9.17) is 10.00 Å². The van der Waals surface area contributed by atoms with E-state index in [0.717, 1.165) is 45.3 Å². The summed E-state index contributed by atoms with van der Waals surface area (Å²) in [6.45, 7) is 2.95. The first kappa shape index (κ1) is 20.2. The van der Waals surface area contributed by atoms with E-state index in [9.17, 15) is 4.79 Å². The molecule has 0 fully saturated rings. The molecule has 0 spiro atoms. The van der Waals surface area contributed by atoms with Gasteiger partial charge in [0.1, 0.15) is 5.75 Å². The fraction of sp³-hybridized carbons (Fsp3) is 0.333. The van der Waals surface area contributed by atoms with Gasteiger partial charge in [0.25, 0.3) is 0 Å². The van der Waals surface area contributed by atoms with Crippen molar-refractivity contribution in [1.29, 1.82) is 5.26 Å². The molecule has 4 heteroatoms. The van der Waals surface area contributed by atoms with E-state index in [1.165, 1.54) is 31.0 Å². The van der Waals surface area contributed by atoms with Crippen LogP contribution < -0.4 is 4.74 Å². The first-order valence-corrected chi connectivity index (χ1v) is 10.7. The molecule has 2 aromatic rings. The van der Waals surface area contributed by atoms with Crippen LogP contribution in [0.2, 0.25) is 0 Å². The molecule has 1 aliphatic rings. The highest BCUT2D eigenvalue weighted by atomic mass is 32.2. The van der Waals surface area contributed by atoms with E-state index in [1.807, 2.05) is 48.5 Å². The first-order valence-electron chi connectivity index (χ1n) is 9.89. The molecule has 0 unspecified atom stereocenters. The number of ether oxygens (including phenoxy) is 1. The quantitative estimate of drug-likeness (QED) is 0.365. The van der Waals surface area contributed by atoms with Crippen LogP contribution in [0.5, 0.6) is 5.75 Å². The van der Waals surface area contributed by atoms with Crippen LogP contribution in [0.4, 0.5) is 0 Å². The molecule has 0 atom stereocenters. The average Bonchev–Trinajstić information content (AvgIpc) is 3.03. The van der Waals surface area contributed by atoms with Gasteiger partial charge in [0.2, 0.25) is 5.78 Å². The molecular weight excluding hydrogens is 366 g/mol. The molecule has 2 aromatic carbocycles. The molecular formula is C24H25NO2S. The highest BCUT2D eigenvalue weighted by molar-refractivity contribution is 8.04. The van der Waals surface area contributed by atoms with E-state index < -0.39 is 0 Å². The van der Waals surface area contributed by atoms with Crippen LogP contribution in [-0.4, -0.2) is 12.4 Å². The van der Waals surface area contributed by atoms with Gasteiger partial charge in [-0.15, -0.1) is 0 Å². The summed E-state index contributed by atoms with van der Waals surface area (Å²) in [7, 11) is 0. The zero-order chi connectivity index (χ0) is 19.8. The topological polar surface area (TPSA) is 50.1 Å². The van der Waals surface area contributed by atoms with Gasteiger partial charge in [0.15, 0.2) is 0 Å². The Labute approximate surface area is 171 Å². The predicted octanol–water partition coefficient (Wildman–Crippen LogP) is 6.43. The Hall–Kier alpha value is -2.51. The number of allylic oxidation sites excluding steroid dienone is 1. The number of unbranched alkanes of at least 4 members (excludes halogenated alkanes) is 3. The number of nitrogens with zero attached hydrogens (tertiary/aromatic N) is 1. The van der Waals surface area contributed by atoms with Crippen molar-refractivity contribution >= 4 is 23.6 Å². The molecule has 1 heterocycles. The number of aryl methyl sites for hydroxylation is 1. The molecule has 0 bridgehead atoms. The van der Waals surface area contributed by atoms with Crippen molar-refractivity contribution in [1.82, 2.24) is 0 Å². The molecule has 3 rings (SSSR count). The van der Waals surface area contributed by atoms with Gasteiger partial charge in [0, 0.05) is 16.9 Å². The van der Waals surface area contributed by atoms with Crippen molar-refractivity contribution in [3.63, 3.8) is 0 Å². The van der Waals surface area contributed by atoms with Gasteiger partial charge in [0.05, 0.1) is 17.6 Å². The van der Waals surface area contributed by atoms with Crippen molar-refractivity contribution < 1.29 is 9.53 Å². The number of benzene rings is 2. The molecule has 0 radical (unpaired) electrons. The maximum absolute atomic E-state index is 12.9. The van der Waals surface area contributed by atoms with E-state index >= 15 is 0 Å². The Bertz CT molecular complexity index is 894. The minimum atomic E-state index is 0.0600. The Morgan fingerprint density at radius 1 is 1.11 bits per heavy atom. The van der Waals surface area contributed by atoms with Crippen LogP contribution >= 0.6 is 11.8 Å². The molecule has 0 N–H and O–H groups in total. The summed E-state index contributed by atoms with van der Waals surface area (Å²) >= 11 is 1.51. The molecule has 0 saturated carbocycles. The summed E-state index contributed by atoms with van der Waals surface area (Å²) in [5.74, 6) is 0.927. The van der Waals surface area contributed by atoms with Gasteiger partial charge in [-0.1, -0.05) is 62.2 Å². The maximum atomic E-state index is 12.9. The largest absolute Gasteiger partial charge is 0.494 e. The van der Waals surface area contributed by atoms with E-state index in [-0.39, 0.29) is 5.78 Å². The molecule has 3 nitrogen and oxygen atoms in total. The SMILES string of the molecule is CCCCCCOc1ccc(/C=C2\Sc3cccc(CCC#N)c3C2=O)cc1. The third-order valence-corrected chi connectivity index (χ3v) is 5.82. The van der Waals surface area contributed by atoms with Crippen LogP contribution in [0.3, 0.4) is 0 Å². The number of fused-ring (bicyclic) bond motifs is 1. The Balaban J connectivity index is 1.66. The normalized spacial score (nSPS) is 14.1. The predicted molar refractivity (Wildman–Crippen MR) is 115 cm³/mol. The van der Waals surface area contributed by atoms with Crippen LogP contribution in [0, 0.1) is 11.3 Å². The second-order valence-electron chi connectivity index (χ2n) is 6.87. The molecule has 1 aliphatic heterocycles. The summed E-state index contributed by atoms with van der Waals surface area (Å²) in [5.41, 5.74) is 2.72. The van der Waals surface area contributed by atoms with Gasteiger partial charge in [-0.25, -0.2) is 0 Å². The number of ketones is 1. The first-order chi connectivity index (χ1) is 13.7. The van der Waals surface area contributed by atoms with Crippen molar-refractivity contribution in [2.24, 2.45) is 0 Å². The van der Waals surface area contributed by atoms with Gasteiger partial charge in [-0.05, 0) is 48.2 Å². The second-order valence-corrected chi connectivity index (χ2v) is 7.95. The van der Waals surface area contributed by atoms with E-state index in [2.05, 4.69) is 13.0 Å². The lowest BCUT2D eigenvalue weighted by Gasteiger charge is -2.06. The standard InChI is InChI=1S/C24H25NO2S/c1-2-3-4-5-16-27-20-13-11-18(12-14-20)17-22-24(26)23-19(9-7-15-25)8-6-10-21(23)28-22/h6,8,10-14,17H,2-5,7,9,16H2,1H3/b22-17-. The van der Waals surface area contributed by atoms with E-state index in [1.54, 1.807) is 0 Å². The minimum absolute atomic E-state index is 0.0600. The van der Waals surface area contributed by atoms with Crippen LogP contribution in [0.1, 0.15) is 60.5 Å². The second kappa shape index (κ2) is 10.1. The van der Waals surface area contributed by atoms with Crippen molar-refractivity contribution in [3.8, 4) is 11.8 Å². The fourth-order valence-corrected chi connectivity index (χ4v) is 4.33. The average molecular weight is 392 g/mol. The van der Waals surface area contributed by atoms with Crippen LogP contribution in [-0.2, 0) is 6.42 Å². The lowest BCUT2D eigenvalue weighted by Crippen LogP contribution is -2.00. The Morgan fingerprint density at radius 3 is 2.68 bits per heavy atom. The highest BCUT2D eigenvalue weighted by Crippen LogP contribution is 2.42. The lowest BCUT2D eigenvalue weighted by atomic mass is 9.99. The number of Topliss-reactive ketones (excluding diaryl/α,β-unsaturated/α-hetero) is 1. The highest BCUT2D eigenvalue weighted by Gasteiger charge is 2.28. The molecule has 0 aliphatic carbocycles. The number of thioether (sulfide) groups is 1. The number of carbonyl (C=O) groups is 1. The van der Waals surface area contributed by atoms with Crippen LogP contribution in [0.25, 0.3) is 6.08 Å². The van der Waals surface area contributed by atoms with Gasteiger partial charge in [-0.3, -0.25) is 4.79 Å². The number of nitriles is 1. The molecule has 0 aromatic heterocycles. The van der Waals surface area contributed by atoms with E-state index in [0.29, 0.717) is 12.8 Å². The smallest absolute Gasteiger partial charge is 0.201 e. The molecule has 0 saturated heterocycles. The Morgan fingerprint density at radius 2 is 1.93 bits per heavy atom. The summed E-state index contributed by atoms with van der Waals surface area (Å²) in [6, 6.07) is 15.9. The van der Waals surface area contributed by atoms with Gasteiger partial charge in [-0.2, -0.15) is 5.26 Å². The number of hydrogen-bond donors (Lipinski definition) is 0. The zero-order valence-corrected chi connectivity index (χ0v) is 17.1. The molecule has 0 amide bonds. The zero-order valence-electron chi connectivity index (χ0n) is 16.2. The minimum Gasteiger partial charge on any atom is -0.494 e. The third-order valence-electron chi connectivity index (χ3n) is 4.73. The molecule has 144 valence electrons. The summed E-state index contributed by atoms with van der Waals surface area (Å²) in [6.07, 6.45) is 7.74. The summed E-state index contributed by atoms with van der Waals surface area (Å²) in [5, 5.41) is 8.84. The Kier molecular flexibility index (Phi) is 7.33. The molecule has 28 heavy (non-hydrogen) atoms. The van der Waals surface area contributed by atoms with Gasteiger partial charge >= 0.3 is 0 Å². The monoisotopic (exact) mass is 391 g/mol. The fourth-order valence-electron chi connectivity index (χ4n) is 3.23. The third kappa shape index (κ3) is 5.05. The van der Waals surface area contributed by atoms with Crippen molar-refractivity contribution in [2.45, 2.75) is 50.3 Å². The number of hydrogen-bond acceptors (Lipinski definition) is 4.